The average Bonchev–Trinajstić information content (AvgIpc) is 2.39. The van der Waals surface area contributed by atoms with E-state index in [1.165, 1.54) is 5.56 Å². The van der Waals surface area contributed by atoms with Gasteiger partial charge in [-0.2, -0.15) is 0 Å². The summed E-state index contributed by atoms with van der Waals surface area (Å²) in [6.07, 6.45) is 2.79. The number of nitrogens with zero attached hydrogens (tertiary/aromatic N) is 1. The molecule has 1 saturated heterocycles. The first kappa shape index (κ1) is 10.8. The summed E-state index contributed by atoms with van der Waals surface area (Å²) < 4.78 is 0. The van der Waals surface area contributed by atoms with Crippen LogP contribution in [0.5, 0.6) is 0 Å². The smallest absolute Gasteiger partial charge is 0.165 e. The number of anilines is 1. The third-order valence-corrected chi connectivity index (χ3v) is 3.72. The van der Waals surface area contributed by atoms with Crippen LogP contribution in [0.25, 0.3) is 0 Å². The Balaban J connectivity index is 2.01. The van der Waals surface area contributed by atoms with Crippen LogP contribution in [0.4, 0.5) is 5.69 Å². The van der Waals surface area contributed by atoms with Crippen molar-refractivity contribution in [2.75, 3.05) is 31.1 Å². The van der Waals surface area contributed by atoms with Gasteiger partial charge >= 0.3 is 0 Å². The molecule has 90 valence electrons. The molecule has 0 saturated carbocycles. The molecule has 1 aliphatic carbocycles. The Labute approximate surface area is 102 Å². The third kappa shape index (κ3) is 1.95. The number of piperazine rings is 1. The Morgan fingerprint density at radius 3 is 2.76 bits per heavy atom. The maximum atomic E-state index is 12.1. The number of fused-ring (bicyclic) bond motifs is 1. The molecule has 1 heterocycles. The molecule has 3 rings (SSSR count). The normalized spacial score (nSPS) is 20.2. The second-order valence-electron chi connectivity index (χ2n) is 4.83. The minimum Gasteiger partial charge on any atom is -0.368 e. The first-order valence-corrected chi connectivity index (χ1v) is 6.47. The van der Waals surface area contributed by atoms with Gasteiger partial charge in [-0.3, -0.25) is 4.79 Å². The van der Waals surface area contributed by atoms with E-state index in [0.29, 0.717) is 5.78 Å². The lowest BCUT2D eigenvalue weighted by molar-refractivity contribution is 0.0973. The lowest BCUT2D eigenvalue weighted by atomic mass is 9.89. The molecule has 1 aliphatic heterocycles. The van der Waals surface area contributed by atoms with Gasteiger partial charge < -0.3 is 10.2 Å². The van der Waals surface area contributed by atoms with Crippen molar-refractivity contribution in [2.24, 2.45) is 0 Å². The number of carbonyl (C=O) groups excluding carboxylic acids is 1. The van der Waals surface area contributed by atoms with E-state index in [1.807, 2.05) is 0 Å². The molecule has 3 heteroatoms. The molecule has 0 radical (unpaired) electrons. The van der Waals surface area contributed by atoms with E-state index in [1.54, 1.807) is 0 Å². The van der Waals surface area contributed by atoms with Gasteiger partial charge in [0.25, 0.3) is 0 Å². The lowest BCUT2D eigenvalue weighted by Crippen LogP contribution is -2.44. The summed E-state index contributed by atoms with van der Waals surface area (Å²) in [6.45, 7) is 4.03. The molecule has 0 atom stereocenters. The highest BCUT2D eigenvalue weighted by atomic mass is 16.1. The van der Waals surface area contributed by atoms with Crippen LogP contribution in [-0.2, 0) is 6.42 Å². The average molecular weight is 230 g/mol. The van der Waals surface area contributed by atoms with Crippen LogP contribution >= 0.6 is 0 Å². The van der Waals surface area contributed by atoms with Crippen molar-refractivity contribution >= 4 is 11.5 Å². The van der Waals surface area contributed by atoms with Crippen molar-refractivity contribution in [1.82, 2.24) is 5.32 Å². The van der Waals surface area contributed by atoms with E-state index >= 15 is 0 Å². The van der Waals surface area contributed by atoms with Crippen LogP contribution < -0.4 is 10.2 Å². The summed E-state index contributed by atoms with van der Waals surface area (Å²) >= 11 is 0. The van der Waals surface area contributed by atoms with Crippen LogP contribution in [0.3, 0.4) is 0 Å². The Morgan fingerprint density at radius 1 is 1.12 bits per heavy atom. The van der Waals surface area contributed by atoms with Gasteiger partial charge in [-0.1, -0.05) is 12.1 Å². The summed E-state index contributed by atoms with van der Waals surface area (Å²) in [7, 11) is 0. The van der Waals surface area contributed by atoms with Crippen LogP contribution in [0, 0.1) is 0 Å². The van der Waals surface area contributed by atoms with Crippen LogP contribution in [-0.4, -0.2) is 32.0 Å². The Hall–Kier alpha value is -1.35. The SMILES string of the molecule is O=C1CCCc2cccc(N3CCNCC3)c21. The molecule has 2 aliphatic rings. The molecule has 1 aromatic carbocycles. The van der Waals surface area contributed by atoms with Gasteiger partial charge in [0.1, 0.15) is 0 Å². The number of nitrogens with one attached hydrogen (secondary N) is 1. The number of carbonyl (C=O) groups is 1. The van der Waals surface area contributed by atoms with Gasteiger partial charge in [-0.15, -0.1) is 0 Å². The predicted molar refractivity (Wildman–Crippen MR) is 68.8 cm³/mol. The van der Waals surface area contributed by atoms with Gasteiger partial charge in [0.15, 0.2) is 5.78 Å². The molecule has 1 aromatic rings. The number of aryl methyl sites for hydroxylation is 1. The molecule has 1 fully saturated rings. The number of hydrogen-bond acceptors (Lipinski definition) is 3. The molecule has 17 heavy (non-hydrogen) atoms. The van der Waals surface area contributed by atoms with E-state index < -0.39 is 0 Å². The summed E-state index contributed by atoms with van der Waals surface area (Å²) in [5.41, 5.74) is 3.41. The standard InChI is InChI=1S/C14H18N2O/c17-13-6-2-4-11-3-1-5-12(14(11)13)16-9-7-15-8-10-16/h1,3,5,15H,2,4,6-10H2. The predicted octanol–water partition coefficient (Wildman–Crippen LogP) is 1.62. The van der Waals surface area contributed by atoms with Crippen molar-refractivity contribution < 1.29 is 4.79 Å². The Bertz CT molecular complexity index is 436. The second kappa shape index (κ2) is 4.49. The maximum Gasteiger partial charge on any atom is 0.165 e. The fraction of sp³-hybridized carbons (Fsp3) is 0.500. The molecule has 0 spiro atoms. The molecule has 0 aromatic heterocycles. The third-order valence-electron chi connectivity index (χ3n) is 3.72. The van der Waals surface area contributed by atoms with Crippen LogP contribution in [0.2, 0.25) is 0 Å². The molecular formula is C14H18N2O. The zero-order valence-electron chi connectivity index (χ0n) is 10.0. The van der Waals surface area contributed by atoms with Crippen LogP contribution in [0.15, 0.2) is 18.2 Å². The highest BCUT2D eigenvalue weighted by molar-refractivity contribution is 6.03. The van der Waals surface area contributed by atoms with Gasteiger partial charge in [0.05, 0.1) is 0 Å². The number of Topliss-reactive ketones (excluding diaryl/α,β-unsaturated/α-hetero) is 1. The maximum absolute atomic E-state index is 12.1. The van der Waals surface area contributed by atoms with E-state index in [4.69, 9.17) is 0 Å². The molecular weight excluding hydrogens is 212 g/mol. The van der Waals surface area contributed by atoms with Gasteiger partial charge in [-0.25, -0.2) is 0 Å². The lowest BCUT2D eigenvalue weighted by Gasteiger charge is -2.32. The van der Waals surface area contributed by atoms with E-state index in [-0.39, 0.29) is 0 Å². The van der Waals surface area contributed by atoms with Crippen molar-refractivity contribution in [3.05, 3.63) is 29.3 Å². The molecule has 3 nitrogen and oxygen atoms in total. The van der Waals surface area contributed by atoms with Gasteiger partial charge in [0.2, 0.25) is 0 Å². The van der Waals surface area contributed by atoms with Crippen molar-refractivity contribution in [2.45, 2.75) is 19.3 Å². The minimum absolute atomic E-state index is 0.334. The summed E-state index contributed by atoms with van der Waals surface area (Å²) in [5.74, 6) is 0.334. The Morgan fingerprint density at radius 2 is 1.94 bits per heavy atom. The largest absolute Gasteiger partial charge is 0.368 e. The first-order chi connectivity index (χ1) is 8.36. The van der Waals surface area contributed by atoms with Crippen molar-refractivity contribution in [1.29, 1.82) is 0 Å². The summed E-state index contributed by atoms with van der Waals surface area (Å²) in [6, 6.07) is 6.31. The fourth-order valence-corrected chi connectivity index (χ4v) is 2.85. The zero-order chi connectivity index (χ0) is 11.7. The van der Waals surface area contributed by atoms with E-state index in [0.717, 1.165) is 56.7 Å². The fourth-order valence-electron chi connectivity index (χ4n) is 2.85. The van der Waals surface area contributed by atoms with Crippen LogP contribution in [0.1, 0.15) is 28.8 Å². The number of rotatable bonds is 1. The quantitative estimate of drug-likeness (QED) is 0.795. The second-order valence-corrected chi connectivity index (χ2v) is 4.83. The number of ketones is 1. The monoisotopic (exact) mass is 230 g/mol. The summed E-state index contributed by atoms with van der Waals surface area (Å²) in [4.78, 5) is 14.5. The van der Waals surface area contributed by atoms with Crippen molar-refractivity contribution in [3.63, 3.8) is 0 Å². The van der Waals surface area contributed by atoms with Gasteiger partial charge in [0, 0.05) is 43.9 Å². The molecule has 0 unspecified atom stereocenters. The number of benzene rings is 1. The molecule has 0 amide bonds. The zero-order valence-corrected chi connectivity index (χ0v) is 10.0. The van der Waals surface area contributed by atoms with E-state index in [2.05, 4.69) is 28.4 Å². The minimum atomic E-state index is 0.334. The van der Waals surface area contributed by atoms with Gasteiger partial charge in [-0.05, 0) is 24.5 Å². The topological polar surface area (TPSA) is 32.3 Å². The number of hydrogen-bond donors (Lipinski definition) is 1. The molecule has 1 N–H and O–H groups in total. The van der Waals surface area contributed by atoms with E-state index in [9.17, 15) is 4.79 Å². The molecule has 0 bridgehead atoms. The summed E-state index contributed by atoms with van der Waals surface area (Å²) in [5, 5.41) is 3.35. The first-order valence-electron chi connectivity index (χ1n) is 6.47. The highest BCUT2D eigenvalue weighted by Crippen LogP contribution is 2.30. The highest BCUT2D eigenvalue weighted by Gasteiger charge is 2.23. The Kier molecular flexibility index (Phi) is 2.85. The van der Waals surface area contributed by atoms with Crippen molar-refractivity contribution in [3.8, 4) is 0 Å².